The lowest BCUT2D eigenvalue weighted by Crippen LogP contribution is -2.13. The summed E-state index contributed by atoms with van der Waals surface area (Å²) >= 11 is 0. The van der Waals surface area contributed by atoms with Gasteiger partial charge in [-0.1, -0.05) is 24.3 Å². The summed E-state index contributed by atoms with van der Waals surface area (Å²) in [5.74, 6) is 1.57. The molecule has 1 amide bonds. The maximum atomic E-state index is 10.3. The van der Waals surface area contributed by atoms with Gasteiger partial charge in [-0.05, 0) is 23.8 Å². The van der Waals surface area contributed by atoms with Crippen LogP contribution in [0, 0.1) is 0 Å². The first-order valence-electron chi connectivity index (χ1n) is 5.64. The molecule has 2 aromatic rings. The lowest BCUT2D eigenvalue weighted by atomic mass is 10.1. The average Bonchev–Trinajstić information content (AvgIpc) is 2.43. The first kappa shape index (κ1) is 10.7. The molecule has 1 heterocycles. The van der Waals surface area contributed by atoms with Crippen molar-refractivity contribution in [3.8, 4) is 11.5 Å². The monoisotopic (exact) mass is 239 g/mol. The Morgan fingerprint density at radius 1 is 1.11 bits per heavy atom. The zero-order valence-electron chi connectivity index (χ0n) is 9.57. The molecule has 0 atom stereocenters. The molecule has 1 aliphatic rings. The van der Waals surface area contributed by atoms with Crippen molar-refractivity contribution in [3.63, 3.8) is 0 Å². The van der Waals surface area contributed by atoms with E-state index in [1.54, 1.807) is 6.41 Å². The summed E-state index contributed by atoms with van der Waals surface area (Å²) < 4.78 is 5.81. The van der Waals surface area contributed by atoms with Crippen LogP contribution >= 0.6 is 0 Å². The van der Waals surface area contributed by atoms with Crippen LogP contribution in [0.2, 0.25) is 0 Å². The number of anilines is 2. The molecule has 4 heteroatoms. The number of nitrogens with one attached hydrogen (secondary N) is 2. The molecule has 0 spiro atoms. The Labute approximate surface area is 105 Å². The maximum absolute atomic E-state index is 10.3. The Bertz CT molecular complexity index is 596. The van der Waals surface area contributed by atoms with E-state index in [1.165, 1.54) is 0 Å². The largest absolute Gasteiger partial charge is 0.453 e. The minimum Gasteiger partial charge on any atom is -0.453 e. The van der Waals surface area contributed by atoms with Crippen molar-refractivity contribution in [3.05, 3.63) is 48.0 Å². The second-order valence-corrected chi connectivity index (χ2v) is 3.97. The minimum absolute atomic E-state index is 0.422. The molecule has 18 heavy (non-hydrogen) atoms. The molecular weight excluding hydrogens is 228 g/mol. The van der Waals surface area contributed by atoms with E-state index in [4.69, 9.17) is 4.74 Å². The number of carbonyl (C=O) groups excluding carboxylic acids is 1. The van der Waals surface area contributed by atoms with E-state index in [0.717, 1.165) is 28.4 Å². The molecule has 0 saturated carbocycles. The van der Waals surface area contributed by atoms with Crippen LogP contribution in [0.4, 0.5) is 11.4 Å². The van der Waals surface area contributed by atoms with E-state index in [-0.39, 0.29) is 0 Å². The van der Waals surface area contributed by atoms with Crippen LogP contribution in [-0.4, -0.2) is 6.41 Å². The summed E-state index contributed by atoms with van der Waals surface area (Å²) in [6, 6.07) is 13.5. The van der Waals surface area contributed by atoms with Crippen molar-refractivity contribution in [2.75, 3.05) is 5.32 Å². The van der Waals surface area contributed by atoms with Gasteiger partial charge in [-0.15, -0.1) is 0 Å². The van der Waals surface area contributed by atoms with E-state index < -0.39 is 0 Å². The number of rotatable bonds is 3. The summed E-state index contributed by atoms with van der Waals surface area (Å²) in [6.45, 7) is 0.422. The molecule has 0 fully saturated rings. The Balaban J connectivity index is 1.99. The Kier molecular flexibility index (Phi) is 2.61. The van der Waals surface area contributed by atoms with Gasteiger partial charge in [0.25, 0.3) is 0 Å². The normalized spacial score (nSPS) is 11.6. The van der Waals surface area contributed by atoms with Gasteiger partial charge in [-0.25, -0.2) is 0 Å². The summed E-state index contributed by atoms with van der Waals surface area (Å²) in [5.41, 5.74) is 2.77. The third-order valence-corrected chi connectivity index (χ3v) is 2.83. The summed E-state index contributed by atoms with van der Waals surface area (Å²) in [7, 11) is 0. The molecule has 4 nitrogen and oxygen atoms in total. The molecule has 0 saturated heterocycles. The number of hydrogen-bond donors (Lipinski definition) is 2. The molecule has 1 radical (unpaired) electrons. The van der Waals surface area contributed by atoms with Crippen LogP contribution in [0.5, 0.6) is 11.5 Å². The van der Waals surface area contributed by atoms with Crippen LogP contribution in [0.3, 0.4) is 0 Å². The predicted molar refractivity (Wildman–Crippen MR) is 68.8 cm³/mol. The zero-order valence-corrected chi connectivity index (χ0v) is 9.57. The molecule has 1 aliphatic heterocycles. The lowest BCUT2D eigenvalue weighted by molar-refractivity contribution is 0.480. The molecule has 0 bridgehead atoms. The van der Waals surface area contributed by atoms with Gasteiger partial charge in [0.1, 0.15) is 0 Å². The zero-order chi connectivity index (χ0) is 12.4. The van der Waals surface area contributed by atoms with E-state index in [2.05, 4.69) is 10.6 Å². The summed E-state index contributed by atoms with van der Waals surface area (Å²) in [4.78, 5) is 10.3. The number of amides is 1. The van der Waals surface area contributed by atoms with Crippen molar-refractivity contribution in [1.29, 1.82) is 0 Å². The van der Waals surface area contributed by atoms with Crippen LogP contribution in [-0.2, 0) is 11.3 Å². The quantitative estimate of drug-likeness (QED) is 0.691. The number of ether oxygens (including phenoxy) is 1. The standard InChI is InChI=1S/C14H11N2O2/c17-9-15-8-10-4-3-7-13-14(10)16-11-5-1-2-6-12(11)18-13/h1-7,16H,8H2,(H,15,17). The van der Waals surface area contributed by atoms with E-state index >= 15 is 0 Å². The van der Waals surface area contributed by atoms with Gasteiger partial charge in [0.15, 0.2) is 11.5 Å². The second-order valence-electron chi connectivity index (χ2n) is 3.97. The third-order valence-electron chi connectivity index (χ3n) is 2.83. The summed E-state index contributed by atoms with van der Waals surface area (Å²) in [5, 5.41) is 5.86. The first-order chi connectivity index (χ1) is 8.88. The third kappa shape index (κ3) is 1.78. The fourth-order valence-corrected chi connectivity index (χ4v) is 1.99. The molecule has 89 valence electrons. The molecular formula is C14H11N2O2. The number of hydrogen-bond acceptors (Lipinski definition) is 3. The van der Waals surface area contributed by atoms with Crippen molar-refractivity contribution < 1.29 is 9.53 Å². The van der Waals surface area contributed by atoms with Crippen molar-refractivity contribution in [1.82, 2.24) is 5.32 Å². The van der Waals surface area contributed by atoms with Gasteiger partial charge < -0.3 is 15.4 Å². The number of fused-ring (bicyclic) bond motifs is 2. The predicted octanol–water partition coefficient (Wildman–Crippen LogP) is 2.69. The van der Waals surface area contributed by atoms with Gasteiger partial charge in [0, 0.05) is 6.54 Å². The highest BCUT2D eigenvalue weighted by atomic mass is 16.5. The first-order valence-corrected chi connectivity index (χ1v) is 5.64. The van der Waals surface area contributed by atoms with Crippen molar-refractivity contribution in [2.24, 2.45) is 0 Å². The number of benzene rings is 2. The molecule has 3 rings (SSSR count). The number of para-hydroxylation sites is 3. The highest BCUT2D eigenvalue weighted by molar-refractivity contribution is 5.77. The molecule has 0 aliphatic carbocycles. The molecule has 2 aromatic carbocycles. The summed E-state index contributed by atoms with van der Waals surface area (Å²) in [6.07, 6.45) is 1.67. The smallest absolute Gasteiger partial charge is 0.309 e. The Hall–Kier alpha value is -2.49. The van der Waals surface area contributed by atoms with Gasteiger partial charge >= 0.3 is 6.41 Å². The van der Waals surface area contributed by atoms with Gasteiger partial charge in [0.05, 0.1) is 11.4 Å². The van der Waals surface area contributed by atoms with Gasteiger partial charge in [0.2, 0.25) is 0 Å². The SMILES string of the molecule is O=[C]NCc1cccc2c1Nc1ccccc1O2. The molecule has 2 N–H and O–H groups in total. The Morgan fingerprint density at radius 3 is 2.83 bits per heavy atom. The minimum atomic E-state index is 0.422. The molecule has 0 unspecified atom stereocenters. The van der Waals surface area contributed by atoms with E-state index in [0.29, 0.717) is 6.54 Å². The lowest BCUT2D eigenvalue weighted by Gasteiger charge is -2.23. The van der Waals surface area contributed by atoms with E-state index in [9.17, 15) is 4.79 Å². The Morgan fingerprint density at radius 2 is 1.94 bits per heavy atom. The van der Waals surface area contributed by atoms with Crippen LogP contribution in [0.25, 0.3) is 0 Å². The van der Waals surface area contributed by atoms with Gasteiger partial charge in [-0.2, -0.15) is 0 Å². The second kappa shape index (κ2) is 4.41. The van der Waals surface area contributed by atoms with Gasteiger partial charge in [-0.3, -0.25) is 4.79 Å². The van der Waals surface area contributed by atoms with Crippen LogP contribution < -0.4 is 15.4 Å². The van der Waals surface area contributed by atoms with Crippen LogP contribution in [0.1, 0.15) is 5.56 Å². The van der Waals surface area contributed by atoms with Crippen LogP contribution in [0.15, 0.2) is 42.5 Å². The van der Waals surface area contributed by atoms with E-state index in [1.807, 2.05) is 42.5 Å². The molecule has 0 aromatic heterocycles. The topological polar surface area (TPSA) is 50.4 Å². The highest BCUT2D eigenvalue weighted by Crippen LogP contribution is 2.43. The fourth-order valence-electron chi connectivity index (χ4n) is 1.99. The fraction of sp³-hybridized carbons (Fsp3) is 0.0714. The average molecular weight is 239 g/mol. The maximum Gasteiger partial charge on any atom is 0.309 e. The highest BCUT2D eigenvalue weighted by Gasteiger charge is 2.18. The van der Waals surface area contributed by atoms with Crippen molar-refractivity contribution in [2.45, 2.75) is 6.54 Å². The van der Waals surface area contributed by atoms with Crippen molar-refractivity contribution >= 4 is 17.8 Å².